The number of aliphatic hydroxyl groups is 1. The van der Waals surface area contributed by atoms with E-state index >= 15 is 0 Å². The second-order valence-electron chi connectivity index (χ2n) is 3.28. The lowest BCUT2D eigenvalue weighted by Gasteiger charge is -2.15. The third-order valence-electron chi connectivity index (χ3n) is 1.98. The number of aromatic amines is 1. The standard InChI is InChI=1S/C8H13N5O4/c1-4(6-9-3-10-13-6)11-8(17)12-5(2-14)7(15)16/h3-5,14H,2H2,1H3,(H,15,16)(H,9,10,13)(H2,11,12,17)/t4?,5-/m1/s1. The molecule has 0 radical (unpaired) electrons. The van der Waals surface area contributed by atoms with Crippen molar-refractivity contribution in [2.45, 2.75) is 19.0 Å². The Kier molecular flexibility index (Phi) is 4.40. The Morgan fingerprint density at radius 1 is 1.53 bits per heavy atom. The minimum atomic E-state index is -1.34. The van der Waals surface area contributed by atoms with Gasteiger partial charge in [0.15, 0.2) is 6.04 Å². The van der Waals surface area contributed by atoms with Crippen LogP contribution in [0.4, 0.5) is 4.79 Å². The summed E-state index contributed by atoms with van der Waals surface area (Å²) in [6.45, 7) is 0.967. The van der Waals surface area contributed by atoms with Crippen LogP contribution in [0.15, 0.2) is 6.33 Å². The molecule has 2 atom stereocenters. The van der Waals surface area contributed by atoms with Crippen molar-refractivity contribution in [3.05, 3.63) is 12.2 Å². The molecule has 0 saturated heterocycles. The largest absolute Gasteiger partial charge is 0.480 e. The van der Waals surface area contributed by atoms with E-state index in [0.29, 0.717) is 5.82 Å². The van der Waals surface area contributed by atoms with Crippen LogP contribution in [0.2, 0.25) is 0 Å². The van der Waals surface area contributed by atoms with E-state index in [2.05, 4.69) is 25.8 Å². The maximum atomic E-state index is 11.4. The van der Waals surface area contributed by atoms with E-state index in [4.69, 9.17) is 10.2 Å². The fraction of sp³-hybridized carbons (Fsp3) is 0.500. The molecule has 0 saturated carbocycles. The number of carbonyl (C=O) groups excluding carboxylic acids is 1. The Bertz CT molecular complexity index is 379. The summed E-state index contributed by atoms with van der Waals surface area (Å²) in [4.78, 5) is 25.7. The molecule has 9 nitrogen and oxygen atoms in total. The Balaban J connectivity index is 2.47. The summed E-state index contributed by atoms with van der Waals surface area (Å²) in [5.74, 6) is -0.869. The smallest absolute Gasteiger partial charge is 0.328 e. The van der Waals surface area contributed by atoms with E-state index in [9.17, 15) is 9.59 Å². The number of aliphatic carboxylic acids is 1. The maximum Gasteiger partial charge on any atom is 0.328 e. The van der Waals surface area contributed by atoms with Gasteiger partial charge in [0, 0.05) is 0 Å². The highest BCUT2D eigenvalue weighted by molar-refractivity contribution is 5.82. The highest BCUT2D eigenvalue weighted by atomic mass is 16.4. The monoisotopic (exact) mass is 243 g/mol. The highest BCUT2D eigenvalue weighted by Gasteiger charge is 2.20. The molecule has 0 fully saturated rings. The predicted octanol–water partition coefficient (Wildman–Crippen LogP) is -1.39. The summed E-state index contributed by atoms with van der Waals surface area (Å²) in [6, 6.07) is -2.50. The number of amides is 2. The Hall–Kier alpha value is -2.16. The van der Waals surface area contributed by atoms with Gasteiger partial charge in [0.25, 0.3) is 0 Å². The molecular formula is C8H13N5O4. The van der Waals surface area contributed by atoms with Crippen molar-refractivity contribution in [3.8, 4) is 0 Å². The summed E-state index contributed by atoms with van der Waals surface area (Å²) in [6.07, 6.45) is 1.29. The third-order valence-corrected chi connectivity index (χ3v) is 1.98. The molecule has 1 unspecified atom stereocenters. The minimum Gasteiger partial charge on any atom is -0.480 e. The van der Waals surface area contributed by atoms with Gasteiger partial charge in [-0.25, -0.2) is 14.6 Å². The van der Waals surface area contributed by atoms with Crippen molar-refractivity contribution in [2.24, 2.45) is 0 Å². The number of rotatable bonds is 5. The molecule has 17 heavy (non-hydrogen) atoms. The Morgan fingerprint density at radius 3 is 2.71 bits per heavy atom. The van der Waals surface area contributed by atoms with Gasteiger partial charge in [-0.3, -0.25) is 5.10 Å². The molecule has 9 heteroatoms. The normalized spacial score (nSPS) is 13.8. The van der Waals surface area contributed by atoms with Crippen LogP contribution in [0, 0.1) is 0 Å². The van der Waals surface area contributed by atoms with Crippen LogP contribution in [0.25, 0.3) is 0 Å². The first-order chi connectivity index (χ1) is 8.04. The molecule has 0 aromatic carbocycles. The predicted molar refractivity (Wildman–Crippen MR) is 55.0 cm³/mol. The zero-order chi connectivity index (χ0) is 12.8. The molecule has 2 amide bonds. The van der Waals surface area contributed by atoms with Crippen LogP contribution >= 0.6 is 0 Å². The SMILES string of the molecule is CC(NC(=O)N[C@H](CO)C(=O)O)c1ncn[nH]1. The molecule has 0 spiro atoms. The number of nitrogens with zero attached hydrogens (tertiary/aromatic N) is 2. The number of urea groups is 1. The molecule has 94 valence electrons. The second-order valence-corrected chi connectivity index (χ2v) is 3.28. The van der Waals surface area contributed by atoms with Crippen molar-refractivity contribution >= 4 is 12.0 Å². The van der Waals surface area contributed by atoms with Crippen molar-refractivity contribution in [3.63, 3.8) is 0 Å². The lowest BCUT2D eigenvalue weighted by atomic mass is 10.3. The van der Waals surface area contributed by atoms with Gasteiger partial charge in [0.1, 0.15) is 12.2 Å². The average Bonchev–Trinajstić information content (AvgIpc) is 2.78. The van der Waals surface area contributed by atoms with Gasteiger partial charge in [0.05, 0.1) is 12.6 Å². The summed E-state index contributed by atoms with van der Waals surface area (Å²) in [5.41, 5.74) is 0. The fourth-order valence-corrected chi connectivity index (χ4v) is 1.07. The summed E-state index contributed by atoms with van der Waals surface area (Å²) >= 11 is 0. The molecular weight excluding hydrogens is 230 g/mol. The van der Waals surface area contributed by atoms with Crippen molar-refractivity contribution in [1.82, 2.24) is 25.8 Å². The van der Waals surface area contributed by atoms with Crippen LogP contribution in [0.5, 0.6) is 0 Å². The molecule has 0 bridgehead atoms. The number of carbonyl (C=O) groups is 2. The average molecular weight is 243 g/mol. The lowest BCUT2D eigenvalue weighted by Crippen LogP contribution is -2.48. The van der Waals surface area contributed by atoms with Crippen LogP contribution in [0.1, 0.15) is 18.8 Å². The number of aliphatic hydroxyl groups excluding tert-OH is 1. The van der Waals surface area contributed by atoms with Crippen LogP contribution in [-0.2, 0) is 4.79 Å². The van der Waals surface area contributed by atoms with E-state index in [0.717, 1.165) is 0 Å². The van der Waals surface area contributed by atoms with Crippen LogP contribution in [0.3, 0.4) is 0 Å². The van der Waals surface area contributed by atoms with E-state index in [-0.39, 0.29) is 0 Å². The van der Waals surface area contributed by atoms with E-state index in [1.54, 1.807) is 6.92 Å². The number of H-pyrrole nitrogens is 1. The number of carboxylic acids is 1. The summed E-state index contributed by atoms with van der Waals surface area (Å²) < 4.78 is 0. The first kappa shape index (κ1) is 12.9. The fourth-order valence-electron chi connectivity index (χ4n) is 1.07. The number of carboxylic acid groups (broad SMARTS) is 1. The number of nitrogens with one attached hydrogen (secondary N) is 3. The van der Waals surface area contributed by atoms with Gasteiger partial charge < -0.3 is 20.8 Å². The van der Waals surface area contributed by atoms with Gasteiger partial charge in [-0.1, -0.05) is 0 Å². The van der Waals surface area contributed by atoms with Crippen LogP contribution in [-0.4, -0.2) is 50.0 Å². The molecule has 0 aliphatic rings. The van der Waals surface area contributed by atoms with Gasteiger partial charge >= 0.3 is 12.0 Å². The van der Waals surface area contributed by atoms with Gasteiger partial charge in [-0.15, -0.1) is 0 Å². The van der Waals surface area contributed by atoms with Crippen molar-refractivity contribution in [2.75, 3.05) is 6.61 Å². The van der Waals surface area contributed by atoms with E-state index in [1.807, 2.05) is 0 Å². The summed E-state index contributed by atoms with van der Waals surface area (Å²) in [7, 11) is 0. The van der Waals surface area contributed by atoms with Crippen molar-refractivity contribution in [1.29, 1.82) is 0 Å². The zero-order valence-corrected chi connectivity index (χ0v) is 9.04. The first-order valence-electron chi connectivity index (χ1n) is 4.80. The maximum absolute atomic E-state index is 11.4. The Morgan fingerprint density at radius 2 is 2.24 bits per heavy atom. The third kappa shape index (κ3) is 3.72. The molecule has 1 heterocycles. The highest BCUT2D eigenvalue weighted by Crippen LogP contribution is 2.03. The van der Waals surface area contributed by atoms with Crippen molar-refractivity contribution < 1.29 is 19.8 Å². The van der Waals surface area contributed by atoms with Gasteiger partial charge in [-0.2, -0.15) is 5.10 Å². The molecule has 1 aromatic heterocycles. The molecule has 0 aliphatic heterocycles. The van der Waals surface area contributed by atoms with E-state index < -0.39 is 30.7 Å². The topological polar surface area (TPSA) is 140 Å². The first-order valence-corrected chi connectivity index (χ1v) is 4.80. The minimum absolute atomic E-state index is 0.441. The Labute approximate surface area is 96.2 Å². The molecule has 0 aliphatic carbocycles. The molecule has 1 rings (SSSR count). The second kappa shape index (κ2) is 5.80. The molecule has 1 aromatic rings. The number of aromatic nitrogens is 3. The molecule has 5 N–H and O–H groups in total. The zero-order valence-electron chi connectivity index (χ0n) is 9.04. The summed E-state index contributed by atoms with van der Waals surface area (Å²) in [5, 5.41) is 28.0. The van der Waals surface area contributed by atoms with Crippen LogP contribution < -0.4 is 10.6 Å². The van der Waals surface area contributed by atoms with Gasteiger partial charge in [-0.05, 0) is 6.92 Å². The quantitative estimate of drug-likeness (QED) is 0.431. The number of hydrogen-bond acceptors (Lipinski definition) is 5. The van der Waals surface area contributed by atoms with E-state index in [1.165, 1.54) is 6.33 Å². The number of hydrogen-bond donors (Lipinski definition) is 5. The van der Waals surface area contributed by atoms with Gasteiger partial charge in [0.2, 0.25) is 0 Å². The lowest BCUT2D eigenvalue weighted by molar-refractivity contribution is -0.140.